The van der Waals surface area contributed by atoms with E-state index in [2.05, 4.69) is 58.4 Å². The van der Waals surface area contributed by atoms with Gasteiger partial charge in [-0.25, -0.2) is 4.72 Å². The van der Waals surface area contributed by atoms with Crippen LogP contribution in [-0.4, -0.2) is 28.0 Å². The Bertz CT molecular complexity index is 727. The van der Waals surface area contributed by atoms with Crippen LogP contribution in [0, 0.1) is 0 Å². The van der Waals surface area contributed by atoms with Crippen LogP contribution in [0.5, 0.6) is 5.75 Å². The Labute approximate surface area is 164 Å². The van der Waals surface area contributed by atoms with Crippen LogP contribution in [0.1, 0.15) is 71.9 Å². The van der Waals surface area contributed by atoms with Crippen LogP contribution >= 0.6 is 0 Å². The van der Waals surface area contributed by atoms with Gasteiger partial charge in [0.1, 0.15) is 5.75 Å². The third-order valence-electron chi connectivity index (χ3n) is 5.33. The zero-order valence-electron chi connectivity index (χ0n) is 17.4. The minimum atomic E-state index is -3.76. The molecule has 0 aromatic heterocycles. The third-order valence-corrected chi connectivity index (χ3v) is 6.32. The van der Waals surface area contributed by atoms with Crippen molar-refractivity contribution in [3.8, 4) is 5.75 Å². The Balaban J connectivity index is 2.87. The number of rotatable bonds is 12. The molecule has 1 aromatic carbocycles. The van der Waals surface area contributed by atoms with Crippen LogP contribution in [0.25, 0.3) is 0 Å². The lowest BCUT2D eigenvalue weighted by Crippen LogP contribution is -2.36. The summed E-state index contributed by atoms with van der Waals surface area (Å²) in [6.45, 7) is 13.8. The van der Waals surface area contributed by atoms with Crippen LogP contribution < -0.4 is 14.2 Å². The van der Waals surface area contributed by atoms with E-state index >= 15 is 0 Å². The Morgan fingerprint density at radius 3 is 2.26 bits per heavy atom. The van der Waals surface area contributed by atoms with Crippen LogP contribution in [-0.2, 0) is 25.8 Å². The number of hydrogen-bond donors (Lipinski definition) is 2. The van der Waals surface area contributed by atoms with Crippen molar-refractivity contribution in [3.05, 3.63) is 29.3 Å². The molecule has 0 saturated heterocycles. The van der Waals surface area contributed by atoms with Crippen LogP contribution in [0.4, 0.5) is 0 Å². The molecule has 27 heavy (non-hydrogen) atoms. The molecule has 0 aliphatic heterocycles. The molecule has 1 aromatic rings. The highest BCUT2D eigenvalue weighted by atomic mass is 32.2. The highest BCUT2D eigenvalue weighted by Crippen LogP contribution is 2.38. The Kier molecular flexibility index (Phi) is 8.29. The van der Waals surface area contributed by atoms with Crippen molar-refractivity contribution < 1.29 is 17.9 Å². The van der Waals surface area contributed by atoms with Crippen molar-refractivity contribution in [2.75, 3.05) is 13.2 Å². The molecule has 0 aliphatic carbocycles. The SMILES string of the molecule is CCC(C)(C)c1ccc(OCCCNS(=O)(=O)NC=O)c(C(C)(C)CC)c1. The van der Waals surface area contributed by atoms with Gasteiger partial charge in [0.25, 0.3) is 0 Å². The zero-order valence-corrected chi connectivity index (χ0v) is 18.2. The molecule has 0 spiro atoms. The van der Waals surface area contributed by atoms with Gasteiger partial charge in [-0.15, -0.1) is 0 Å². The lowest BCUT2D eigenvalue weighted by Gasteiger charge is -2.30. The molecule has 2 N–H and O–H groups in total. The number of ether oxygens (including phenoxy) is 1. The van der Waals surface area contributed by atoms with Gasteiger partial charge in [0.05, 0.1) is 6.61 Å². The van der Waals surface area contributed by atoms with Crippen molar-refractivity contribution in [2.45, 2.75) is 71.6 Å². The van der Waals surface area contributed by atoms with Gasteiger partial charge in [-0.1, -0.05) is 53.7 Å². The molecule has 0 aliphatic rings. The Morgan fingerprint density at radius 2 is 1.70 bits per heavy atom. The van der Waals surface area contributed by atoms with Gasteiger partial charge in [0.15, 0.2) is 0 Å². The first-order valence-electron chi connectivity index (χ1n) is 9.47. The predicted octanol–water partition coefficient (Wildman–Crippen LogP) is 3.41. The van der Waals surface area contributed by atoms with Gasteiger partial charge in [0, 0.05) is 12.1 Å². The van der Waals surface area contributed by atoms with Gasteiger partial charge < -0.3 is 4.74 Å². The number of carbonyl (C=O) groups excluding carboxylic acids is 1. The second-order valence-electron chi connectivity index (χ2n) is 8.02. The number of nitrogens with one attached hydrogen (secondary N) is 2. The third kappa shape index (κ3) is 6.81. The number of benzene rings is 1. The molecule has 0 heterocycles. The van der Waals surface area contributed by atoms with Crippen LogP contribution in [0.2, 0.25) is 0 Å². The van der Waals surface area contributed by atoms with E-state index in [1.54, 1.807) is 4.72 Å². The molecule has 154 valence electrons. The fourth-order valence-electron chi connectivity index (χ4n) is 2.57. The molecule has 1 rings (SSSR count). The molecule has 0 unspecified atom stereocenters. The molecular weight excluding hydrogens is 364 g/mol. The number of amides is 1. The van der Waals surface area contributed by atoms with Gasteiger partial charge in [-0.2, -0.15) is 13.1 Å². The average Bonchev–Trinajstić information content (AvgIpc) is 2.61. The molecule has 7 heteroatoms. The van der Waals surface area contributed by atoms with Crippen molar-refractivity contribution in [1.29, 1.82) is 0 Å². The lowest BCUT2D eigenvalue weighted by atomic mass is 9.76. The summed E-state index contributed by atoms with van der Waals surface area (Å²) in [5, 5.41) is 0. The fraction of sp³-hybridized carbons (Fsp3) is 0.650. The molecule has 0 bridgehead atoms. The van der Waals surface area contributed by atoms with Gasteiger partial charge >= 0.3 is 10.2 Å². The molecular formula is C20H34N2O4S. The highest BCUT2D eigenvalue weighted by Gasteiger charge is 2.26. The first-order valence-corrected chi connectivity index (χ1v) is 11.0. The van der Waals surface area contributed by atoms with Gasteiger partial charge in [-0.3, -0.25) is 4.79 Å². The maximum atomic E-state index is 11.4. The minimum Gasteiger partial charge on any atom is -0.493 e. The molecule has 6 nitrogen and oxygen atoms in total. The summed E-state index contributed by atoms with van der Waals surface area (Å²) in [6, 6.07) is 6.39. The smallest absolute Gasteiger partial charge is 0.301 e. The Morgan fingerprint density at radius 1 is 1.07 bits per heavy atom. The highest BCUT2D eigenvalue weighted by molar-refractivity contribution is 7.88. The van der Waals surface area contributed by atoms with E-state index in [0.29, 0.717) is 13.0 Å². The molecule has 0 fully saturated rings. The second kappa shape index (κ2) is 9.55. The topological polar surface area (TPSA) is 84.5 Å². The largest absolute Gasteiger partial charge is 0.493 e. The van der Waals surface area contributed by atoms with E-state index in [9.17, 15) is 13.2 Å². The second-order valence-corrected chi connectivity index (χ2v) is 9.55. The van der Waals surface area contributed by atoms with Crippen molar-refractivity contribution >= 4 is 16.6 Å². The summed E-state index contributed by atoms with van der Waals surface area (Å²) in [5.41, 5.74) is 2.54. The van der Waals surface area contributed by atoms with E-state index in [-0.39, 0.29) is 23.8 Å². The minimum absolute atomic E-state index is 0.0232. The molecule has 0 saturated carbocycles. The first-order chi connectivity index (χ1) is 12.5. The summed E-state index contributed by atoms with van der Waals surface area (Å²) in [6.07, 6.45) is 2.66. The van der Waals surface area contributed by atoms with Crippen LogP contribution in [0.15, 0.2) is 18.2 Å². The average molecular weight is 399 g/mol. The monoisotopic (exact) mass is 398 g/mol. The molecule has 1 amide bonds. The summed E-state index contributed by atoms with van der Waals surface area (Å²) in [4.78, 5) is 10.2. The maximum Gasteiger partial charge on any atom is 0.301 e. The molecule has 0 atom stereocenters. The molecule has 0 radical (unpaired) electrons. The number of carbonyl (C=O) groups is 1. The quantitative estimate of drug-likeness (QED) is 0.417. The van der Waals surface area contributed by atoms with Gasteiger partial charge in [0.2, 0.25) is 6.41 Å². The summed E-state index contributed by atoms with van der Waals surface area (Å²) in [5.74, 6) is 0.839. The van der Waals surface area contributed by atoms with Crippen molar-refractivity contribution in [3.63, 3.8) is 0 Å². The van der Waals surface area contributed by atoms with E-state index < -0.39 is 10.2 Å². The summed E-state index contributed by atoms with van der Waals surface area (Å²) < 4.78 is 32.7. The standard InChI is InChI=1S/C20H34N2O4S/c1-7-19(3,4)16-10-11-18(17(14-16)20(5,6)8-2)26-13-9-12-21-27(24,25)22-15-23/h10-11,14-15,21H,7-9,12-13H2,1-6H3,(H,22,23). The van der Waals surface area contributed by atoms with Crippen LogP contribution in [0.3, 0.4) is 0 Å². The van der Waals surface area contributed by atoms with Crippen molar-refractivity contribution in [1.82, 2.24) is 9.44 Å². The summed E-state index contributed by atoms with van der Waals surface area (Å²) in [7, 11) is -3.76. The first kappa shape index (κ1) is 23.4. The van der Waals surface area contributed by atoms with Gasteiger partial charge in [-0.05, 0) is 41.7 Å². The Hall–Kier alpha value is -1.60. The fourth-order valence-corrected chi connectivity index (χ4v) is 3.19. The zero-order chi connectivity index (χ0) is 20.7. The summed E-state index contributed by atoms with van der Waals surface area (Å²) >= 11 is 0. The van der Waals surface area contributed by atoms with E-state index in [1.807, 2.05) is 6.07 Å². The van der Waals surface area contributed by atoms with E-state index in [1.165, 1.54) is 11.1 Å². The lowest BCUT2D eigenvalue weighted by molar-refractivity contribution is -0.108. The maximum absolute atomic E-state index is 11.4. The predicted molar refractivity (Wildman–Crippen MR) is 109 cm³/mol. The van der Waals surface area contributed by atoms with Crippen molar-refractivity contribution in [2.24, 2.45) is 0 Å². The van der Waals surface area contributed by atoms with E-state index in [4.69, 9.17) is 4.74 Å². The normalized spacial score (nSPS) is 12.7. The van der Waals surface area contributed by atoms with E-state index in [0.717, 1.165) is 18.6 Å². The number of hydrogen-bond acceptors (Lipinski definition) is 4.